The molecule has 18 heavy (non-hydrogen) atoms. The number of hydrogen-bond acceptors (Lipinski definition) is 2. The summed E-state index contributed by atoms with van der Waals surface area (Å²) in [5.74, 6) is -0.764. The molecule has 0 bridgehead atoms. The van der Waals surface area contributed by atoms with Gasteiger partial charge in [-0.15, -0.1) is 0 Å². The van der Waals surface area contributed by atoms with Crippen molar-refractivity contribution in [2.45, 2.75) is 26.1 Å². The second-order valence-corrected chi connectivity index (χ2v) is 4.02. The van der Waals surface area contributed by atoms with Crippen molar-refractivity contribution in [3.8, 4) is 0 Å². The standard InChI is InChI=1S/C12H15F4NO/c1-3-17(7-12(14,15)16)11-5-4-9(8(2)18)6-10(11)13/h4-6,8,18H,3,7H2,1-2H3. The molecule has 0 fully saturated rings. The Morgan fingerprint density at radius 1 is 1.33 bits per heavy atom. The Kier molecular flexibility index (Phi) is 4.56. The van der Waals surface area contributed by atoms with Crippen molar-refractivity contribution in [3.05, 3.63) is 29.6 Å². The van der Waals surface area contributed by atoms with Crippen LogP contribution in [-0.4, -0.2) is 24.4 Å². The number of benzene rings is 1. The van der Waals surface area contributed by atoms with E-state index in [9.17, 15) is 22.7 Å². The molecule has 1 aromatic carbocycles. The number of halogens is 4. The highest BCUT2D eigenvalue weighted by molar-refractivity contribution is 5.49. The van der Waals surface area contributed by atoms with Crippen LogP contribution in [0.25, 0.3) is 0 Å². The molecule has 0 spiro atoms. The van der Waals surface area contributed by atoms with E-state index in [0.717, 1.165) is 11.0 Å². The first-order valence-electron chi connectivity index (χ1n) is 5.53. The topological polar surface area (TPSA) is 23.5 Å². The van der Waals surface area contributed by atoms with Gasteiger partial charge in [-0.3, -0.25) is 0 Å². The summed E-state index contributed by atoms with van der Waals surface area (Å²) in [6, 6.07) is 3.73. The molecule has 1 atom stereocenters. The Balaban J connectivity index is 3.00. The molecular weight excluding hydrogens is 250 g/mol. The van der Waals surface area contributed by atoms with Gasteiger partial charge in [-0.1, -0.05) is 6.07 Å². The lowest BCUT2D eigenvalue weighted by atomic mass is 10.1. The van der Waals surface area contributed by atoms with Crippen molar-refractivity contribution in [3.63, 3.8) is 0 Å². The van der Waals surface area contributed by atoms with E-state index in [0.29, 0.717) is 5.56 Å². The molecule has 2 nitrogen and oxygen atoms in total. The monoisotopic (exact) mass is 265 g/mol. The van der Waals surface area contributed by atoms with Crippen molar-refractivity contribution >= 4 is 5.69 Å². The van der Waals surface area contributed by atoms with E-state index in [1.165, 1.54) is 26.0 Å². The van der Waals surface area contributed by atoms with Crippen molar-refractivity contribution in [2.24, 2.45) is 0 Å². The Morgan fingerprint density at radius 2 is 1.94 bits per heavy atom. The number of aliphatic hydroxyl groups excluding tert-OH is 1. The summed E-state index contributed by atoms with van der Waals surface area (Å²) >= 11 is 0. The zero-order chi connectivity index (χ0) is 13.9. The van der Waals surface area contributed by atoms with Crippen LogP contribution in [0.5, 0.6) is 0 Å². The van der Waals surface area contributed by atoms with Gasteiger partial charge in [0, 0.05) is 6.54 Å². The predicted octanol–water partition coefficient (Wildman–Crippen LogP) is 3.27. The van der Waals surface area contributed by atoms with Gasteiger partial charge in [-0.2, -0.15) is 13.2 Å². The van der Waals surface area contributed by atoms with E-state index in [-0.39, 0.29) is 12.2 Å². The van der Waals surface area contributed by atoms with Crippen LogP contribution < -0.4 is 4.90 Å². The van der Waals surface area contributed by atoms with Crippen LogP contribution >= 0.6 is 0 Å². The lowest BCUT2D eigenvalue weighted by molar-refractivity contribution is -0.119. The lowest BCUT2D eigenvalue weighted by Gasteiger charge is -2.25. The maximum atomic E-state index is 13.7. The Morgan fingerprint density at radius 3 is 2.33 bits per heavy atom. The first-order valence-corrected chi connectivity index (χ1v) is 5.53. The van der Waals surface area contributed by atoms with Crippen molar-refractivity contribution in [1.82, 2.24) is 0 Å². The van der Waals surface area contributed by atoms with E-state index in [1.54, 1.807) is 0 Å². The minimum absolute atomic E-state index is 0.0461. The van der Waals surface area contributed by atoms with Crippen LogP contribution in [-0.2, 0) is 0 Å². The van der Waals surface area contributed by atoms with Crippen molar-refractivity contribution < 1.29 is 22.7 Å². The van der Waals surface area contributed by atoms with Crippen molar-refractivity contribution in [1.29, 1.82) is 0 Å². The maximum absolute atomic E-state index is 13.7. The summed E-state index contributed by atoms with van der Waals surface area (Å²) in [4.78, 5) is 0.904. The summed E-state index contributed by atoms with van der Waals surface area (Å²) in [6.45, 7) is 1.83. The highest BCUT2D eigenvalue weighted by atomic mass is 19.4. The second kappa shape index (κ2) is 5.56. The number of rotatable bonds is 4. The molecule has 1 aromatic rings. The fraction of sp³-hybridized carbons (Fsp3) is 0.500. The van der Waals surface area contributed by atoms with Gasteiger partial charge in [0.05, 0.1) is 11.8 Å². The molecule has 0 aromatic heterocycles. The number of anilines is 1. The molecule has 1 N–H and O–H groups in total. The Bertz CT molecular complexity index is 404. The average molecular weight is 265 g/mol. The van der Waals surface area contributed by atoms with Gasteiger partial charge in [-0.05, 0) is 31.5 Å². The Labute approximate surface area is 103 Å². The molecule has 0 aliphatic carbocycles. The Hall–Kier alpha value is -1.30. The number of alkyl halides is 3. The molecule has 1 rings (SSSR count). The molecule has 1 unspecified atom stereocenters. The fourth-order valence-electron chi connectivity index (χ4n) is 1.62. The molecule has 0 aliphatic rings. The van der Waals surface area contributed by atoms with Gasteiger partial charge in [-0.25, -0.2) is 4.39 Å². The molecule has 0 saturated carbocycles. The smallest absolute Gasteiger partial charge is 0.389 e. The number of aliphatic hydroxyl groups is 1. The van der Waals surface area contributed by atoms with Gasteiger partial charge in [0.15, 0.2) is 0 Å². The minimum atomic E-state index is -4.38. The summed E-state index contributed by atoms with van der Waals surface area (Å²) in [6.07, 6.45) is -5.24. The lowest BCUT2D eigenvalue weighted by Crippen LogP contribution is -2.34. The molecule has 102 valence electrons. The third kappa shape index (κ3) is 3.87. The normalized spacial score (nSPS) is 13.5. The zero-order valence-corrected chi connectivity index (χ0v) is 10.1. The zero-order valence-electron chi connectivity index (χ0n) is 10.1. The van der Waals surface area contributed by atoms with Gasteiger partial charge < -0.3 is 10.0 Å². The molecule has 0 radical (unpaired) electrons. The van der Waals surface area contributed by atoms with Crippen LogP contribution in [0.1, 0.15) is 25.5 Å². The molecule has 0 heterocycles. The van der Waals surface area contributed by atoms with Crippen LogP contribution in [0, 0.1) is 5.82 Å². The van der Waals surface area contributed by atoms with E-state index in [4.69, 9.17) is 0 Å². The van der Waals surface area contributed by atoms with Crippen LogP contribution in [0.2, 0.25) is 0 Å². The summed E-state index contributed by atoms with van der Waals surface area (Å²) < 4.78 is 50.6. The largest absolute Gasteiger partial charge is 0.405 e. The third-order valence-corrected chi connectivity index (χ3v) is 2.55. The first kappa shape index (κ1) is 14.8. The molecule has 0 saturated heterocycles. The average Bonchev–Trinajstić information content (AvgIpc) is 2.24. The van der Waals surface area contributed by atoms with Gasteiger partial charge >= 0.3 is 6.18 Å². The highest BCUT2D eigenvalue weighted by Gasteiger charge is 2.31. The predicted molar refractivity (Wildman–Crippen MR) is 61.0 cm³/mol. The van der Waals surface area contributed by atoms with Crippen molar-refractivity contribution in [2.75, 3.05) is 18.0 Å². The van der Waals surface area contributed by atoms with Crippen LogP contribution in [0.15, 0.2) is 18.2 Å². The molecular formula is C12H15F4NO. The van der Waals surface area contributed by atoms with E-state index < -0.39 is 24.6 Å². The minimum Gasteiger partial charge on any atom is -0.389 e. The maximum Gasteiger partial charge on any atom is 0.405 e. The quantitative estimate of drug-likeness (QED) is 0.845. The van der Waals surface area contributed by atoms with Gasteiger partial charge in [0.2, 0.25) is 0 Å². The second-order valence-electron chi connectivity index (χ2n) is 4.02. The van der Waals surface area contributed by atoms with Gasteiger partial charge in [0.25, 0.3) is 0 Å². The molecule has 6 heteroatoms. The number of hydrogen-bond donors (Lipinski definition) is 1. The number of nitrogens with zero attached hydrogens (tertiary/aromatic N) is 1. The van der Waals surface area contributed by atoms with Crippen LogP contribution in [0.4, 0.5) is 23.2 Å². The summed E-state index contributed by atoms with van der Waals surface area (Å²) in [5, 5.41) is 9.26. The van der Waals surface area contributed by atoms with E-state index >= 15 is 0 Å². The summed E-state index contributed by atoms with van der Waals surface area (Å²) in [5.41, 5.74) is 0.221. The highest BCUT2D eigenvalue weighted by Crippen LogP contribution is 2.26. The fourth-order valence-corrected chi connectivity index (χ4v) is 1.62. The third-order valence-electron chi connectivity index (χ3n) is 2.55. The summed E-state index contributed by atoms with van der Waals surface area (Å²) in [7, 11) is 0. The van der Waals surface area contributed by atoms with E-state index in [1.807, 2.05) is 0 Å². The van der Waals surface area contributed by atoms with Crippen LogP contribution in [0.3, 0.4) is 0 Å². The van der Waals surface area contributed by atoms with E-state index in [2.05, 4.69) is 0 Å². The first-order chi connectivity index (χ1) is 8.24. The molecule has 0 aliphatic heterocycles. The molecule has 0 amide bonds. The SMILES string of the molecule is CCN(CC(F)(F)F)c1ccc(C(C)O)cc1F. The van der Waals surface area contributed by atoms with Gasteiger partial charge in [0.1, 0.15) is 12.4 Å².